The van der Waals surface area contributed by atoms with Gasteiger partial charge in [-0.2, -0.15) is 0 Å². The number of anilines is 1. The van der Waals surface area contributed by atoms with E-state index < -0.39 is 40.2 Å². The van der Waals surface area contributed by atoms with Crippen LogP contribution in [-0.4, -0.2) is 51.0 Å². The van der Waals surface area contributed by atoms with Crippen LogP contribution in [0, 0.1) is 12.7 Å². The second-order valence-corrected chi connectivity index (χ2v) is 9.45. The molecule has 0 fully saturated rings. The number of likely N-dealkylation sites (N-methyl/N-ethyl adjacent to an activating group) is 1. The van der Waals surface area contributed by atoms with Crippen LogP contribution in [0.15, 0.2) is 42.5 Å². The quantitative estimate of drug-likeness (QED) is 0.644. The maximum atomic E-state index is 14.2. The third kappa shape index (κ3) is 6.18. The fourth-order valence-electron chi connectivity index (χ4n) is 3.10. The van der Waals surface area contributed by atoms with Crippen molar-refractivity contribution in [3.8, 4) is 0 Å². The monoisotopic (exact) mass is 469 g/mol. The molecule has 0 heterocycles. The first-order valence-electron chi connectivity index (χ1n) is 9.44. The number of nitrogens with one attached hydrogen (secondary N) is 1. The molecular formula is C21H25ClFN3O4S. The van der Waals surface area contributed by atoms with Crippen LogP contribution in [0.4, 0.5) is 10.1 Å². The Morgan fingerprint density at radius 2 is 1.84 bits per heavy atom. The standard InChI is InChI=1S/C21H25ClFN3O4S/c1-14-11-17(22)9-10-19(14)26(31(4,29)30)13-20(27)25(15(2)21(28)24-3)12-16-7-5-6-8-18(16)23/h5-11,15H,12-13H2,1-4H3,(H,24,28)/t15-/m0/s1. The molecule has 0 saturated heterocycles. The first-order valence-corrected chi connectivity index (χ1v) is 11.7. The lowest BCUT2D eigenvalue weighted by Crippen LogP contribution is -2.50. The predicted molar refractivity (Wildman–Crippen MR) is 119 cm³/mol. The zero-order valence-electron chi connectivity index (χ0n) is 17.7. The number of nitrogens with zero attached hydrogens (tertiary/aromatic N) is 2. The van der Waals surface area contributed by atoms with Gasteiger partial charge in [0.25, 0.3) is 0 Å². The molecule has 10 heteroatoms. The number of carbonyl (C=O) groups is 2. The molecule has 0 aliphatic carbocycles. The van der Waals surface area contributed by atoms with E-state index in [1.165, 1.54) is 44.3 Å². The van der Waals surface area contributed by atoms with E-state index in [1.807, 2.05) is 0 Å². The minimum absolute atomic E-state index is 0.197. The van der Waals surface area contributed by atoms with Crippen LogP contribution in [0.2, 0.25) is 5.02 Å². The van der Waals surface area contributed by atoms with Gasteiger partial charge in [-0.15, -0.1) is 0 Å². The summed E-state index contributed by atoms with van der Waals surface area (Å²) in [4.78, 5) is 26.6. The van der Waals surface area contributed by atoms with Gasteiger partial charge in [0.2, 0.25) is 21.8 Å². The molecule has 0 spiro atoms. The van der Waals surface area contributed by atoms with Crippen LogP contribution < -0.4 is 9.62 Å². The Hall–Kier alpha value is -2.65. The third-order valence-corrected chi connectivity index (χ3v) is 6.18. The van der Waals surface area contributed by atoms with Gasteiger partial charge in [0.15, 0.2) is 0 Å². The molecule has 2 aromatic rings. The Balaban J connectivity index is 2.43. The van der Waals surface area contributed by atoms with Gasteiger partial charge in [0.1, 0.15) is 18.4 Å². The molecule has 2 amide bonds. The molecule has 31 heavy (non-hydrogen) atoms. The van der Waals surface area contributed by atoms with E-state index in [2.05, 4.69) is 5.32 Å². The molecule has 0 bridgehead atoms. The summed E-state index contributed by atoms with van der Waals surface area (Å²) in [7, 11) is -2.43. The SMILES string of the molecule is CNC(=O)[C@H](C)N(Cc1ccccc1F)C(=O)CN(c1ccc(Cl)cc1C)S(C)(=O)=O. The smallest absolute Gasteiger partial charge is 0.244 e. The van der Waals surface area contributed by atoms with Crippen molar-refractivity contribution in [2.24, 2.45) is 0 Å². The summed E-state index contributed by atoms with van der Waals surface area (Å²) in [6.45, 7) is 2.42. The summed E-state index contributed by atoms with van der Waals surface area (Å²) in [5.41, 5.74) is 1.06. The highest BCUT2D eigenvalue weighted by atomic mass is 35.5. The Morgan fingerprint density at radius 1 is 1.19 bits per heavy atom. The van der Waals surface area contributed by atoms with Gasteiger partial charge in [0.05, 0.1) is 11.9 Å². The molecule has 0 radical (unpaired) electrons. The van der Waals surface area contributed by atoms with Crippen molar-refractivity contribution in [3.63, 3.8) is 0 Å². The molecular weight excluding hydrogens is 445 g/mol. The van der Waals surface area contributed by atoms with Crippen molar-refractivity contribution in [1.29, 1.82) is 0 Å². The Bertz CT molecular complexity index is 1080. The van der Waals surface area contributed by atoms with Crippen molar-refractivity contribution < 1.29 is 22.4 Å². The van der Waals surface area contributed by atoms with E-state index >= 15 is 0 Å². The molecule has 0 aliphatic rings. The predicted octanol–water partition coefficient (Wildman–Crippen LogP) is 2.72. The van der Waals surface area contributed by atoms with Gasteiger partial charge in [-0.05, 0) is 43.7 Å². The number of hydrogen-bond donors (Lipinski definition) is 1. The highest BCUT2D eigenvalue weighted by molar-refractivity contribution is 7.92. The summed E-state index contributed by atoms with van der Waals surface area (Å²) in [5, 5.41) is 2.88. The van der Waals surface area contributed by atoms with Gasteiger partial charge < -0.3 is 10.2 Å². The zero-order chi connectivity index (χ0) is 23.3. The third-order valence-electron chi connectivity index (χ3n) is 4.82. The van der Waals surface area contributed by atoms with E-state index in [1.54, 1.807) is 19.1 Å². The van der Waals surface area contributed by atoms with Crippen molar-refractivity contribution in [2.45, 2.75) is 26.4 Å². The summed E-state index contributed by atoms with van der Waals surface area (Å²) in [6.07, 6.45) is 0.984. The average molecular weight is 470 g/mol. The summed E-state index contributed by atoms with van der Waals surface area (Å²) in [5.74, 6) is -1.64. The molecule has 1 N–H and O–H groups in total. The Morgan fingerprint density at radius 3 is 2.39 bits per heavy atom. The highest BCUT2D eigenvalue weighted by Gasteiger charge is 2.30. The van der Waals surface area contributed by atoms with Crippen molar-refractivity contribution in [3.05, 3.63) is 64.4 Å². The van der Waals surface area contributed by atoms with Crippen LogP contribution in [0.25, 0.3) is 0 Å². The Kier molecular flexibility index (Phi) is 8.02. The number of sulfonamides is 1. The number of rotatable bonds is 8. The maximum Gasteiger partial charge on any atom is 0.244 e. The van der Waals surface area contributed by atoms with E-state index in [-0.39, 0.29) is 12.1 Å². The number of hydrogen-bond acceptors (Lipinski definition) is 4. The normalized spacial score (nSPS) is 12.2. The first kappa shape index (κ1) is 24.6. The van der Waals surface area contributed by atoms with Crippen LogP contribution in [0.5, 0.6) is 0 Å². The van der Waals surface area contributed by atoms with Crippen molar-refractivity contribution >= 4 is 39.1 Å². The van der Waals surface area contributed by atoms with Crippen molar-refractivity contribution in [1.82, 2.24) is 10.2 Å². The van der Waals surface area contributed by atoms with Crippen LogP contribution in [0.3, 0.4) is 0 Å². The molecule has 2 aromatic carbocycles. The second kappa shape index (κ2) is 10.1. The number of benzene rings is 2. The van der Waals surface area contributed by atoms with Gasteiger partial charge in [0, 0.05) is 24.2 Å². The lowest BCUT2D eigenvalue weighted by molar-refractivity contribution is -0.139. The van der Waals surface area contributed by atoms with Gasteiger partial charge >= 0.3 is 0 Å². The fourth-order valence-corrected chi connectivity index (χ4v) is 4.23. The van der Waals surface area contributed by atoms with E-state index in [9.17, 15) is 22.4 Å². The van der Waals surface area contributed by atoms with E-state index in [0.29, 0.717) is 16.3 Å². The summed E-state index contributed by atoms with van der Waals surface area (Å²) < 4.78 is 40.1. The zero-order valence-corrected chi connectivity index (χ0v) is 19.3. The van der Waals surface area contributed by atoms with Crippen LogP contribution >= 0.6 is 11.6 Å². The fraction of sp³-hybridized carbons (Fsp3) is 0.333. The summed E-state index contributed by atoms with van der Waals surface area (Å²) in [6, 6.07) is 9.56. The average Bonchev–Trinajstić information content (AvgIpc) is 2.70. The molecule has 0 saturated carbocycles. The lowest BCUT2D eigenvalue weighted by Gasteiger charge is -2.31. The van der Waals surface area contributed by atoms with Crippen molar-refractivity contribution in [2.75, 3.05) is 24.2 Å². The molecule has 168 valence electrons. The van der Waals surface area contributed by atoms with E-state index in [4.69, 9.17) is 11.6 Å². The molecule has 2 rings (SSSR count). The number of aryl methyl sites for hydroxylation is 1. The van der Waals surface area contributed by atoms with Gasteiger partial charge in [-0.25, -0.2) is 12.8 Å². The Labute approximate surface area is 186 Å². The minimum atomic E-state index is -3.85. The maximum absolute atomic E-state index is 14.2. The van der Waals surface area contributed by atoms with Crippen LogP contribution in [0.1, 0.15) is 18.1 Å². The highest BCUT2D eigenvalue weighted by Crippen LogP contribution is 2.26. The number of halogens is 2. The molecule has 7 nitrogen and oxygen atoms in total. The lowest BCUT2D eigenvalue weighted by atomic mass is 10.1. The van der Waals surface area contributed by atoms with Gasteiger partial charge in [-0.1, -0.05) is 29.8 Å². The topological polar surface area (TPSA) is 86.8 Å². The van der Waals surface area contributed by atoms with Crippen LogP contribution in [-0.2, 0) is 26.2 Å². The number of carbonyl (C=O) groups excluding carboxylic acids is 2. The molecule has 0 unspecified atom stereocenters. The molecule has 1 atom stereocenters. The first-order chi connectivity index (χ1) is 14.5. The molecule has 0 aromatic heterocycles. The largest absolute Gasteiger partial charge is 0.357 e. The molecule has 0 aliphatic heterocycles. The summed E-state index contributed by atoms with van der Waals surface area (Å²) >= 11 is 5.97. The van der Waals surface area contributed by atoms with E-state index in [0.717, 1.165) is 15.5 Å². The second-order valence-electron chi connectivity index (χ2n) is 7.10. The van der Waals surface area contributed by atoms with Gasteiger partial charge in [-0.3, -0.25) is 13.9 Å². The number of amides is 2. The minimum Gasteiger partial charge on any atom is -0.357 e.